The largest absolute Gasteiger partial charge is 0.486 e. The van der Waals surface area contributed by atoms with E-state index in [1.54, 1.807) is 6.20 Å². The van der Waals surface area contributed by atoms with E-state index in [2.05, 4.69) is 9.97 Å². The summed E-state index contributed by atoms with van der Waals surface area (Å²) in [4.78, 5) is 20.9. The molecule has 1 aliphatic rings. The number of hydrogen-bond donors (Lipinski definition) is 0. The fourth-order valence-electron chi connectivity index (χ4n) is 3.20. The summed E-state index contributed by atoms with van der Waals surface area (Å²) in [5, 5.41) is 0. The molecule has 0 bridgehead atoms. The number of ether oxygens (including phenoxy) is 2. The lowest BCUT2D eigenvalue weighted by Gasteiger charge is -2.18. The molecule has 0 N–H and O–H groups in total. The lowest BCUT2D eigenvalue weighted by molar-refractivity contribution is 0.170. The molecule has 3 aromatic rings. The van der Waals surface area contributed by atoms with Crippen molar-refractivity contribution < 1.29 is 9.47 Å². The Bertz CT molecular complexity index is 997. The third-order valence-corrected chi connectivity index (χ3v) is 4.55. The van der Waals surface area contributed by atoms with Crippen LogP contribution in [0.25, 0.3) is 11.0 Å². The number of fused-ring (bicyclic) bond motifs is 2. The van der Waals surface area contributed by atoms with Crippen LogP contribution in [-0.4, -0.2) is 27.7 Å². The molecule has 0 saturated heterocycles. The van der Waals surface area contributed by atoms with Gasteiger partial charge < -0.3 is 14.0 Å². The zero-order valence-corrected chi connectivity index (χ0v) is 14.8. The molecule has 0 radical (unpaired) electrons. The van der Waals surface area contributed by atoms with Crippen molar-refractivity contribution in [3.8, 4) is 11.5 Å². The first-order valence-corrected chi connectivity index (χ1v) is 8.91. The average molecular weight is 351 g/mol. The number of pyridine rings is 1. The van der Waals surface area contributed by atoms with Crippen molar-refractivity contribution in [1.82, 2.24) is 14.5 Å². The quantitative estimate of drug-likeness (QED) is 0.661. The minimum absolute atomic E-state index is 0.0550. The van der Waals surface area contributed by atoms with Crippen molar-refractivity contribution in [1.29, 1.82) is 0 Å². The fourth-order valence-corrected chi connectivity index (χ4v) is 3.20. The lowest BCUT2D eigenvalue weighted by Crippen LogP contribution is -2.20. The third-order valence-electron chi connectivity index (χ3n) is 4.55. The first-order chi connectivity index (χ1) is 12.7. The normalized spacial score (nSPS) is 13.1. The van der Waals surface area contributed by atoms with E-state index >= 15 is 0 Å². The first-order valence-electron chi connectivity index (χ1n) is 8.91. The van der Waals surface area contributed by atoms with Gasteiger partial charge in [-0.2, -0.15) is 0 Å². The summed E-state index contributed by atoms with van der Waals surface area (Å²) in [6, 6.07) is 7.94. The lowest BCUT2D eigenvalue weighted by atomic mass is 10.1. The summed E-state index contributed by atoms with van der Waals surface area (Å²) in [7, 11) is 0. The van der Waals surface area contributed by atoms with Gasteiger partial charge >= 0.3 is 0 Å². The van der Waals surface area contributed by atoms with Crippen LogP contribution in [0.4, 0.5) is 0 Å². The molecule has 6 heteroatoms. The van der Waals surface area contributed by atoms with Crippen LogP contribution in [0.15, 0.2) is 41.5 Å². The Labute approximate surface area is 151 Å². The van der Waals surface area contributed by atoms with Crippen LogP contribution >= 0.6 is 0 Å². The average Bonchev–Trinajstić information content (AvgIpc) is 2.66. The molecule has 4 rings (SSSR count). The van der Waals surface area contributed by atoms with Crippen molar-refractivity contribution in [2.24, 2.45) is 0 Å². The molecule has 3 heterocycles. The minimum Gasteiger partial charge on any atom is -0.486 e. The smallest absolute Gasteiger partial charge is 0.269 e. The van der Waals surface area contributed by atoms with Gasteiger partial charge in [-0.1, -0.05) is 6.07 Å². The second-order valence-corrected chi connectivity index (χ2v) is 6.52. The van der Waals surface area contributed by atoms with Gasteiger partial charge in [0.05, 0.1) is 23.4 Å². The van der Waals surface area contributed by atoms with E-state index < -0.39 is 0 Å². The topological polar surface area (TPSA) is 66.2 Å². The summed E-state index contributed by atoms with van der Waals surface area (Å²) in [6.45, 7) is 3.84. The summed E-state index contributed by atoms with van der Waals surface area (Å²) in [6.07, 6.45) is 5.80. The van der Waals surface area contributed by atoms with E-state index in [0.29, 0.717) is 25.5 Å². The molecule has 0 spiro atoms. The standard InChI is InChI=1S/C20H21N3O3/c1-14-5-6-16-17(10-14)23(20(24)13-22-16)7-3-2-4-15-11-18-19(12-21-15)26-9-8-25-18/h5-6,10-13H,2-4,7-9H2,1H3. The van der Waals surface area contributed by atoms with Gasteiger partial charge in [-0.3, -0.25) is 9.78 Å². The monoisotopic (exact) mass is 351 g/mol. The highest BCUT2D eigenvalue weighted by molar-refractivity contribution is 5.75. The van der Waals surface area contributed by atoms with Crippen molar-refractivity contribution in [3.63, 3.8) is 0 Å². The van der Waals surface area contributed by atoms with Crippen molar-refractivity contribution in [3.05, 3.63) is 58.3 Å². The van der Waals surface area contributed by atoms with E-state index in [0.717, 1.165) is 47.3 Å². The summed E-state index contributed by atoms with van der Waals surface area (Å²) in [5.74, 6) is 1.48. The van der Waals surface area contributed by atoms with E-state index in [4.69, 9.17) is 9.47 Å². The van der Waals surface area contributed by atoms with Crippen LogP contribution in [0.1, 0.15) is 24.1 Å². The van der Waals surface area contributed by atoms with Gasteiger partial charge in [0.1, 0.15) is 13.2 Å². The SMILES string of the molecule is Cc1ccc2ncc(=O)n(CCCCc3cc4c(cn3)OCCO4)c2c1. The van der Waals surface area contributed by atoms with Gasteiger partial charge in [-0.25, -0.2) is 4.98 Å². The Balaban J connectivity index is 1.42. The molecule has 134 valence electrons. The minimum atomic E-state index is -0.0550. The number of aryl methyl sites for hydroxylation is 3. The van der Waals surface area contributed by atoms with Gasteiger partial charge in [0, 0.05) is 18.3 Å². The van der Waals surface area contributed by atoms with Gasteiger partial charge in [-0.15, -0.1) is 0 Å². The molecule has 0 aliphatic carbocycles. The van der Waals surface area contributed by atoms with E-state index in [-0.39, 0.29) is 5.56 Å². The molecule has 0 saturated carbocycles. The number of benzene rings is 1. The highest BCUT2D eigenvalue weighted by atomic mass is 16.6. The number of unbranched alkanes of at least 4 members (excludes halogenated alkanes) is 1. The van der Waals surface area contributed by atoms with Gasteiger partial charge in [0.2, 0.25) is 0 Å². The Morgan fingerprint density at radius 2 is 1.88 bits per heavy atom. The van der Waals surface area contributed by atoms with Crippen LogP contribution in [0.5, 0.6) is 11.5 Å². The van der Waals surface area contributed by atoms with Crippen molar-refractivity contribution >= 4 is 11.0 Å². The molecule has 1 aliphatic heterocycles. The van der Waals surface area contributed by atoms with Crippen LogP contribution in [0.2, 0.25) is 0 Å². The predicted molar refractivity (Wildman–Crippen MR) is 98.9 cm³/mol. The van der Waals surface area contributed by atoms with Crippen LogP contribution in [0.3, 0.4) is 0 Å². The molecular weight excluding hydrogens is 330 g/mol. The Morgan fingerprint density at radius 1 is 1.04 bits per heavy atom. The Morgan fingerprint density at radius 3 is 2.77 bits per heavy atom. The highest BCUT2D eigenvalue weighted by Gasteiger charge is 2.12. The molecule has 0 atom stereocenters. The third kappa shape index (κ3) is 3.40. The van der Waals surface area contributed by atoms with E-state index in [9.17, 15) is 4.79 Å². The number of nitrogens with zero attached hydrogens (tertiary/aromatic N) is 3. The van der Waals surface area contributed by atoms with Crippen LogP contribution in [0, 0.1) is 6.92 Å². The summed E-state index contributed by atoms with van der Waals surface area (Å²) >= 11 is 0. The first kappa shape index (κ1) is 16.6. The summed E-state index contributed by atoms with van der Waals surface area (Å²) < 4.78 is 12.9. The molecule has 6 nitrogen and oxygen atoms in total. The maximum atomic E-state index is 12.2. The Kier molecular flexibility index (Phi) is 4.56. The van der Waals surface area contributed by atoms with Crippen molar-refractivity contribution in [2.45, 2.75) is 32.7 Å². The molecule has 2 aromatic heterocycles. The van der Waals surface area contributed by atoms with Crippen LogP contribution in [-0.2, 0) is 13.0 Å². The maximum absolute atomic E-state index is 12.2. The van der Waals surface area contributed by atoms with Crippen molar-refractivity contribution in [2.75, 3.05) is 13.2 Å². The summed E-state index contributed by atoms with van der Waals surface area (Å²) in [5.41, 5.74) is 3.80. The van der Waals surface area contributed by atoms with Gasteiger partial charge in [0.15, 0.2) is 11.5 Å². The van der Waals surface area contributed by atoms with Gasteiger partial charge in [-0.05, 0) is 43.9 Å². The predicted octanol–water partition coefficient (Wildman–Crippen LogP) is 2.89. The van der Waals surface area contributed by atoms with Crippen LogP contribution < -0.4 is 15.0 Å². The highest BCUT2D eigenvalue weighted by Crippen LogP contribution is 2.29. The number of hydrogen-bond acceptors (Lipinski definition) is 5. The zero-order chi connectivity index (χ0) is 17.9. The Hall–Kier alpha value is -2.89. The maximum Gasteiger partial charge on any atom is 0.269 e. The molecule has 0 fully saturated rings. The van der Waals surface area contributed by atoms with E-state index in [1.807, 2.05) is 35.8 Å². The van der Waals surface area contributed by atoms with E-state index in [1.165, 1.54) is 6.20 Å². The molecule has 0 unspecified atom stereocenters. The second kappa shape index (κ2) is 7.15. The zero-order valence-electron chi connectivity index (χ0n) is 14.8. The van der Waals surface area contributed by atoms with Gasteiger partial charge in [0.25, 0.3) is 5.56 Å². The molecular formula is C20H21N3O3. The fraction of sp³-hybridized carbons (Fsp3) is 0.350. The number of aromatic nitrogens is 3. The number of rotatable bonds is 5. The molecule has 26 heavy (non-hydrogen) atoms. The second-order valence-electron chi connectivity index (χ2n) is 6.52. The molecule has 0 amide bonds. The molecule has 1 aromatic carbocycles.